The van der Waals surface area contributed by atoms with Gasteiger partial charge < -0.3 is 0 Å². The molecule has 0 aromatic heterocycles. The average molecular weight is 383 g/mol. The Bertz CT molecular complexity index is 736. The first-order valence-electron chi connectivity index (χ1n) is 9.97. The maximum Gasteiger partial charge on any atom is 0.115 e. The van der Waals surface area contributed by atoms with Gasteiger partial charge in [-0.15, -0.1) is 0 Å². The molecule has 0 unspecified atom stereocenters. The molecule has 2 aromatic rings. The van der Waals surface area contributed by atoms with Crippen molar-refractivity contribution in [1.82, 2.24) is 0 Å². The third-order valence-electron chi connectivity index (χ3n) is 3.68. The molecule has 0 saturated heterocycles. The SMILES string of the molecule is C=C(C)c1ccc(C)cc1C.C=C(F)/C=C\C.CC.CCc1cccc(C)c1. The van der Waals surface area contributed by atoms with E-state index in [1.54, 1.807) is 13.0 Å². The Kier molecular flexibility index (Phi) is 16.6. The van der Waals surface area contributed by atoms with Crippen LogP contribution in [-0.2, 0) is 6.42 Å². The van der Waals surface area contributed by atoms with Gasteiger partial charge >= 0.3 is 0 Å². The zero-order valence-corrected chi connectivity index (χ0v) is 19.2. The van der Waals surface area contributed by atoms with Gasteiger partial charge in [-0.1, -0.05) is 99.2 Å². The summed E-state index contributed by atoms with van der Waals surface area (Å²) in [5.74, 6) is -0.391. The van der Waals surface area contributed by atoms with Gasteiger partial charge in [0.2, 0.25) is 0 Å². The summed E-state index contributed by atoms with van der Waals surface area (Å²) in [5.41, 5.74) is 7.83. The van der Waals surface area contributed by atoms with E-state index in [4.69, 9.17) is 0 Å². The Morgan fingerprint density at radius 2 is 1.54 bits per heavy atom. The minimum absolute atomic E-state index is 0.391. The Hall–Kier alpha value is -2.41. The molecule has 0 aliphatic heterocycles. The van der Waals surface area contributed by atoms with Crippen molar-refractivity contribution in [2.75, 3.05) is 0 Å². The largest absolute Gasteiger partial charge is 0.208 e. The molecule has 0 bridgehead atoms. The lowest BCUT2D eigenvalue weighted by molar-refractivity contribution is 0.671. The Balaban J connectivity index is 0. The standard InChI is InChI=1S/C11H14.C9H12.C5H7F.C2H6/c1-8(2)11-6-5-9(3)7-10(11)4;1-3-9-6-4-5-8(2)7-9;1-3-4-5(2)6;1-2/h5-7H,1H2,2-4H3;4-7H,3H2,1-2H3;3-4H,2H2,1H3;1-2H3/b;;4-3-;. The van der Waals surface area contributed by atoms with Gasteiger partial charge in [0, 0.05) is 0 Å². The van der Waals surface area contributed by atoms with E-state index in [-0.39, 0.29) is 0 Å². The van der Waals surface area contributed by atoms with Crippen LogP contribution in [0.15, 0.2) is 73.6 Å². The molecule has 0 spiro atoms. The maximum absolute atomic E-state index is 11.4. The molecule has 0 aliphatic rings. The topological polar surface area (TPSA) is 0 Å². The van der Waals surface area contributed by atoms with Crippen LogP contribution in [-0.4, -0.2) is 0 Å². The van der Waals surface area contributed by atoms with Crippen LogP contribution >= 0.6 is 0 Å². The molecule has 154 valence electrons. The molecule has 2 rings (SSSR count). The minimum atomic E-state index is -0.391. The lowest BCUT2D eigenvalue weighted by Gasteiger charge is -2.04. The Labute approximate surface area is 173 Å². The summed E-state index contributed by atoms with van der Waals surface area (Å²) in [6.07, 6.45) is 4.05. The normalized spacial score (nSPS) is 9.18. The van der Waals surface area contributed by atoms with Gasteiger partial charge in [-0.25, -0.2) is 4.39 Å². The first-order valence-corrected chi connectivity index (χ1v) is 9.97. The van der Waals surface area contributed by atoms with Crippen LogP contribution in [0, 0.1) is 20.8 Å². The van der Waals surface area contributed by atoms with Crippen molar-refractivity contribution in [3.8, 4) is 0 Å². The van der Waals surface area contributed by atoms with Crippen molar-refractivity contribution >= 4 is 5.57 Å². The van der Waals surface area contributed by atoms with E-state index in [1.807, 2.05) is 20.8 Å². The van der Waals surface area contributed by atoms with Gasteiger partial charge in [-0.3, -0.25) is 0 Å². The predicted molar refractivity (Wildman–Crippen MR) is 128 cm³/mol. The van der Waals surface area contributed by atoms with Crippen molar-refractivity contribution in [3.63, 3.8) is 0 Å². The molecular formula is C27H39F. The third kappa shape index (κ3) is 13.7. The predicted octanol–water partition coefficient (Wildman–Crippen LogP) is 8.97. The van der Waals surface area contributed by atoms with Gasteiger partial charge in [-0.05, 0) is 63.8 Å². The monoisotopic (exact) mass is 382 g/mol. The van der Waals surface area contributed by atoms with Crippen molar-refractivity contribution in [3.05, 3.63) is 101 Å². The van der Waals surface area contributed by atoms with Crippen molar-refractivity contribution in [2.45, 2.75) is 61.8 Å². The van der Waals surface area contributed by atoms with E-state index in [0.717, 1.165) is 12.0 Å². The van der Waals surface area contributed by atoms with E-state index in [2.05, 4.69) is 83.3 Å². The van der Waals surface area contributed by atoms with Gasteiger partial charge in [-0.2, -0.15) is 0 Å². The molecular weight excluding hydrogens is 343 g/mol. The van der Waals surface area contributed by atoms with Crippen LogP contribution in [0.2, 0.25) is 0 Å². The molecule has 0 atom stereocenters. The maximum atomic E-state index is 11.4. The molecule has 0 radical (unpaired) electrons. The van der Waals surface area contributed by atoms with Crippen LogP contribution in [0.5, 0.6) is 0 Å². The summed E-state index contributed by atoms with van der Waals surface area (Å²) >= 11 is 0. The number of hydrogen-bond donors (Lipinski definition) is 0. The van der Waals surface area contributed by atoms with Crippen molar-refractivity contribution in [2.24, 2.45) is 0 Å². The van der Waals surface area contributed by atoms with Crippen LogP contribution < -0.4 is 0 Å². The smallest absolute Gasteiger partial charge is 0.115 e. The molecule has 0 saturated carbocycles. The van der Waals surface area contributed by atoms with E-state index < -0.39 is 5.83 Å². The lowest BCUT2D eigenvalue weighted by Crippen LogP contribution is -1.84. The van der Waals surface area contributed by atoms with Crippen LogP contribution in [0.1, 0.15) is 62.4 Å². The summed E-state index contributed by atoms with van der Waals surface area (Å²) in [5, 5.41) is 0. The minimum Gasteiger partial charge on any atom is -0.208 e. The Morgan fingerprint density at radius 3 is 1.86 bits per heavy atom. The number of halogens is 1. The van der Waals surface area contributed by atoms with Crippen LogP contribution in [0.25, 0.3) is 5.57 Å². The van der Waals surface area contributed by atoms with Gasteiger partial charge in [0.05, 0.1) is 0 Å². The van der Waals surface area contributed by atoms with Gasteiger partial charge in [0.15, 0.2) is 0 Å². The number of allylic oxidation sites excluding steroid dienone is 4. The number of benzene rings is 2. The van der Waals surface area contributed by atoms with Gasteiger partial charge in [0.1, 0.15) is 5.83 Å². The van der Waals surface area contributed by atoms with Crippen LogP contribution in [0.3, 0.4) is 0 Å². The summed E-state index contributed by atoms with van der Waals surface area (Å²) < 4.78 is 11.4. The molecule has 0 amide bonds. The van der Waals surface area contributed by atoms with E-state index in [1.165, 1.54) is 33.9 Å². The zero-order valence-electron chi connectivity index (χ0n) is 19.2. The summed E-state index contributed by atoms with van der Waals surface area (Å²) in [6, 6.07) is 15.0. The second-order valence-electron chi connectivity index (χ2n) is 6.39. The highest BCUT2D eigenvalue weighted by atomic mass is 19.1. The second-order valence-corrected chi connectivity index (χ2v) is 6.39. The molecule has 0 nitrogen and oxygen atoms in total. The molecule has 2 aromatic carbocycles. The molecule has 28 heavy (non-hydrogen) atoms. The van der Waals surface area contributed by atoms with E-state index in [0.29, 0.717) is 0 Å². The summed E-state index contributed by atoms with van der Waals surface area (Å²) in [4.78, 5) is 0. The van der Waals surface area contributed by atoms with Crippen molar-refractivity contribution < 1.29 is 4.39 Å². The number of hydrogen-bond acceptors (Lipinski definition) is 0. The zero-order chi connectivity index (χ0) is 22.1. The van der Waals surface area contributed by atoms with Crippen LogP contribution in [0.4, 0.5) is 4.39 Å². The molecule has 0 heterocycles. The first kappa shape index (κ1) is 27.8. The summed E-state index contributed by atoms with van der Waals surface area (Å²) in [7, 11) is 0. The fourth-order valence-corrected chi connectivity index (χ4v) is 2.41. The quantitative estimate of drug-likeness (QED) is 0.465. The number of rotatable bonds is 3. The summed E-state index contributed by atoms with van der Waals surface area (Å²) in [6.45, 7) is 23.2. The van der Waals surface area contributed by atoms with Gasteiger partial charge in [0.25, 0.3) is 0 Å². The molecule has 0 N–H and O–H groups in total. The molecule has 0 aliphatic carbocycles. The van der Waals surface area contributed by atoms with Crippen molar-refractivity contribution in [1.29, 1.82) is 0 Å². The third-order valence-corrected chi connectivity index (χ3v) is 3.68. The highest BCUT2D eigenvalue weighted by Crippen LogP contribution is 2.17. The first-order chi connectivity index (χ1) is 13.2. The highest BCUT2D eigenvalue weighted by molar-refractivity contribution is 5.64. The highest BCUT2D eigenvalue weighted by Gasteiger charge is 1.97. The lowest BCUT2D eigenvalue weighted by atomic mass is 10.0. The van der Waals surface area contributed by atoms with E-state index >= 15 is 0 Å². The fraction of sp³-hybridized carbons (Fsp3) is 0.333. The molecule has 1 heteroatoms. The van der Waals surface area contributed by atoms with E-state index in [9.17, 15) is 4.39 Å². The Morgan fingerprint density at radius 1 is 0.964 bits per heavy atom. The number of aryl methyl sites for hydroxylation is 4. The molecule has 0 fully saturated rings. The second kappa shape index (κ2) is 16.7. The fourth-order valence-electron chi connectivity index (χ4n) is 2.41. The average Bonchev–Trinajstić information content (AvgIpc) is 2.64.